The summed E-state index contributed by atoms with van der Waals surface area (Å²) in [6.45, 7) is -0.427. The maximum Gasteiger partial charge on any atom is 0.272 e. The third-order valence-corrected chi connectivity index (χ3v) is 5.47. The minimum atomic E-state index is -4.30. The van der Waals surface area contributed by atoms with Gasteiger partial charge in [-0.25, -0.2) is 8.42 Å². The molecule has 0 fully saturated rings. The Morgan fingerprint density at radius 1 is 1.04 bits per heavy atom. The molecule has 0 aromatic heterocycles. The molecule has 0 saturated carbocycles. The number of fused-ring (bicyclic) bond motifs is 1. The number of amides is 1. The topological polar surface area (TPSA) is 105 Å². The van der Waals surface area contributed by atoms with Crippen LogP contribution in [0.25, 0.3) is 10.8 Å². The van der Waals surface area contributed by atoms with Gasteiger partial charge in [0.2, 0.25) is 0 Å². The van der Waals surface area contributed by atoms with E-state index < -0.39 is 33.2 Å². The van der Waals surface area contributed by atoms with Crippen LogP contribution in [-0.2, 0) is 14.8 Å². The zero-order chi connectivity index (χ0) is 20.3. The molecule has 1 amide bonds. The van der Waals surface area contributed by atoms with Crippen LogP contribution in [0.3, 0.4) is 0 Å². The van der Waals surface area contributed by atoms with Crippen LogP contribution in [0.15, 0.2) is 59.5 Å². The number of sulfonamides is 1. The molecule has 0 bridgehead atoms. The lowest BCUT2D eigenvalue weighted by molar-refractivity contribution is -0.123. The van der Waals surface area contributed by atoms with Gasteiger partial charge in [0, 0.05) is 5.02 Å². The van der Waals surface area contributed by atoms with Crippen LogP contribution in [0.4, 0.5) is 0 Å². The highest BCUT2D eigenvalue weighted by Gasteiger charge is 2.22. The van der Waals surface area contributed by atoms with Gasteiger partial charge in [-0.05, 0) is 35.0 Å². The number of carbonyl (C=O) groups is 1. The molecule has 0 heterocycles. The summed E-state index contributed by atoms with van der Waals surface area (Å²) in [6, 6.07) is 15.1. The van der Waals surface area contributed by atoms with Gasteiger partial charge in [0.25, 0.3) is 15.9 Å². The molecule has 0 saturated heterocycles. The molecule has 0 aliphatic rings. The predicted octanol–water partition coefficient (Wildman–Crippen LogP) is 3.24. The molecule has 0 aliphatic heterocycles. The van der Waals surface area contributed by atoms with Gasteiger partial charge in [0.1, 0.15) is 10.6 Å². The summed E-state index contributed by atoms with van der Waals surface area (Å²) in [5, 5.41) is 11.5. The number of nitrogens with one attached hydrogen (secondary N) is 2. The van der Waals surface area contributed by atoms with E-state index in [2.05, 4.69) is 0 Å². The second-order valence-electron chi connectivity index (χ2n) is 5.69. The molecule has 3 rings (SSSR count). The highest BCUT2D eigenvalue weighted by molar-refractivity contribution is 7.89. The van der Waals surface area contributed by atoms with E-state index in [1.54, 1.807) is 12.1 Å². The molecule has 0 unspecified atom stereocenters. The van der Waals surface area contributed by atoms with Crippen LogP contribution in [0, 0.1) is 0 Å². The summed E-state index contributed by atoms with van der Waals surface area (Å²) < 4.78 is 29.8. The first-order valence-electron chi connectivity index (χ1n) is 7.86. The van der Waals surface area contributed by atoms with Gasteiger partial charge in [-0.2, -0.15) is 0 Å². The van der Waals surface area contributed by atoms with Gasteiger partial charge in [-0.1, -0.05) is 53.5 Å². The second kappa shape index (κ2) is 8.24. The highest BCUT2D eigenvalue weighted by Crippen LogP contribution is 2.33. The molecule has 0 aliphatic carbocycles. The molecule has 10 heteroatoms. The molecule has 146 valence electrons. The fourth-order valence-corrected chi connectivity index (χ4v) is 3.99. The second-order valence-corrected chi connectivity index (χ2v) is 8.18. The van der Waals surface area contributed by atoms with Crippen molar-refractivity contribution in [2.24, 2.45) is 0 Å². The van der Waals surface area contributed by atoms with E-state index in [1.165, 1.54) is 6.07 Å². The van der Waals surface area contributed by atoms with Gasteiger partial charge in [-0.3, -0.25) is 10.2 Å². The lowest BCUT2D eigenvalue weighted by Gasteiger charge is -2.11. The predicted molar refractivity (Wildman–Crippen MR) is 106 cm³/mol. The van der Waals surface area contributed by atoms with Crippen LogP contribution < -0.4 is 15.0 Å². The van der Waals surface area contributed by atoms with Crippen molar-refractivity contribution in [3.63, 3.8) is 0 Å². The van der Waals surface area contributed by atoms with Crippen LogP contribution in [0.1, 0.15) is 0 Å². The molecule has 3 N–H and O–H groups in total. The number of phenolic OH excluding ortho intramolecular Hbond substituents is 1. The van der Waals surface area contributed by atoms with Gasteiger partial charge >= 0.3 is 0 Å². The maximum absolute atomic E-state index is 12.2. The van der Waals surface area contributed by atoms with Crippen molar-refractivity contribution in [3.8, 4) is 11.5 Å². The largest absolute Gasteiger partial charge is 0.505 e. The first-order valence-corrected chi connectivity index (χ1v) is 10.1. The van der Waals surface area contributed by atoms with E-state index in [-0.39, 0.29) is 10.0 Å². The van der Waals surface area contributed by atoms with Crippen LogP contribution >= 0.6 is 23.2 Å². The number of carbonyl (C=O) groups excluding carboxylic acids is 1. The number of hydrogen-bond acceptors (Lipinski definition) is 5. The summed E-state index contributed by atoms with van der Waals surface area (Å²) in [7, 11) is -4.30. The maximum atomic E-state index is 12.2. The Kier molecular flexibility index (Phi) is 5.95. The molecule has 3 aromatic rings. The van der Waals surface area contributed by atoms with Crippen molar-refractivity contribution in [3.05, 3.63) is 64.6 Å². The fourth-order valence-electron chi connectivity index (χ4n) is 2.37. The van der Waals surface area contributed by atoms with E-state index in [1.807, 2.05) is 40.6 Å². The Morgan fingerprint density at radius 3 is 2.50 bits per heavy atom. The molecule has 0 spiro atoms. The Morgan fingerprint density at radius 2 is 1.75 bits per heavy atom. The fraction of sp³-hybridized carbons (Fsp3) is 0.0556. The smallest absolute Gasteiger partial charge is 0.272 e. The number of ether oxygens (including phenoxy) is 1. The summed E-state index contributed by atoms with van der Waals surface area (Å²) >= 11 is 11.5. The van der Waals surface area contributed by atoms with E-state index >= 15 is 0 Å². The van der Waals surface area contributed by atoms with Gasteiger partial charge in [0.15, 0.2) is 12.4 Å². The van der Waals surface area contributed by atoms with Gasteiger partial charge in [-0.15, -0.1) is 4.83 Å². The average molecular weight is 441 g/mol. The molecule has 0 atom stereocenters. The quantitative estimate of drug-likeness (QED) is 0.510. The van der Waals surface area contributed by atoms with Crippen molar-refractivity contribution in [2.75, 3.05) is 6.61 Å². The van der Waals surface area contributed by atoms with E-state index in [9.17, 15) is 18.3 Å². The average Bonchev–Trinajstić information content (AvgIpc) is 2.67. The monoisotopic (exact) mass is 440 g/mol. The van der Waals surface area contributed by atoms with Crippen molar-refractivity contribution in [1.82, 2.24) is 10.3 Å². The SMILES string of the molecule is O=C(COc1ccc2ccccc2c1)NNS(=O)(=O)c1cc(Cl)cc(Cl)c1O. The van der Waals surface area contributed by atoms with Gasteiger partial charge in [0.05, 0.1) is 5.02 Å². The number of hydrazine groups is 1. The zero-order valence-corrected chi connectivity index (χ0v) is 16.5. The minimum absolute atomic E-state index is 0.00846. The van der Waals surface area contributed by atoms with E-state index in [4.69, 9.17) is 27.9 Å². The number of halogens is 2. The summed E-state index contributed by atoms with van der Waals surface area (Å²) in [5.74, 6) is -0.972. The Labute approximate surface area is 170 Å². The Hall–Kier alpha value is -2.52. The molecule has 0 radical (unpaired) electrons. The molecular weight excluding hydrogens is 427 g/mol. The number of hydrogen-bond donors (Lipinski definition) is 3. The third-order valence-electron chi connectivity index (χ3n) is 3.70. The Bertz CT molecular complexity index is 1150. The molecular formula is C18H14Cl2N2O5S. The normalized spacial score (nSPS) is 11.4. The first-order chi connectivity index (χ1) is 13.3. The minimum Gasteiger partial charge on any atom is -0.505 e. The van der Waals surface area contributed by atoms with Crippen molar-refractivity contribution in [1.29, 1.82) is 0 Å². The number of rotatable bonds is 6. The van der Waals surface area contributed by atoms with E-state index in [0.29, 0.717) is 5.75 Å². The number of benzene rings is 3. The number of aromatic hydroxyl groups is 1. The van der Waals surface area contributed by atoms with Crippen LogP contribution in [0.2, 0.25) is 10.0 Å². The van der Waals surface area contributed by atoms with Gasteiger partial charge < -0.3 is 9.84 Å². The van der Waals surface area contributed by atoms with Crippen LogP contribution in [-0.4, -0.2) is 26.0 Å². The van der Waals surface area contributed by atoms with Crippen LogP contribution in [0.5, 0.6) is 11.5 Å². The summed E-state index contributed by atoms with van der Waals surface area (Å²) in [4.78, 5) is 13.2. The van der Waals surface area contributed by atoms with Crippen molar-refractivity contribution < 1.29 is 23.1 Å². The summed E-state index contributed by atoms with van der Waals surface area (Å²) in [6.07, 6.45) is 0. The molecule has 28 heavy (non-hydrogen) atoms. The first kappa shape index (κ1) is 20.2. The molecule has 3 aromatic carbocycles. The third kappa shape index (κ3) is 4.66. The highest BCUT2D eigenvalue weighted by atomic mass is 35.5. The lowest BCUT2D eigenvalue weighted by atomic mass is 10.1. The Balaban J connectivity index is 1.62. The van der Waals surface area contributed by atoms with Crippen molar-refractivity contribution >= 4 is 49.9 Å². The van der Waals surface area contributed by atoms with E-state index in [0.717, 1.165) is 16.8 Å². The summed E-state index contributed by atoms with van der Waals surface area (Å²) in [5.41, 5.74) is 2.00. The standard InChI is InChI=1S/C18H14Cl2N2O5S/c19-13-8-15(20)18(24)16(9-13)28(25,26)22-21-17(23)10-27-14-6-5-11-3-1-2-4-12(11)7-14/h1-9,22,24H,10H2,(H,21,23). The zero-order valence-electron chi connectivity index (χ0n) is 14.1. The molecule has 7 nitrogen and oxygen atoms in total. The lowest BCUT2D eigenvalue weighted by Crippen LogP contribution is -2.43. The number of phenols is 1. The van der Waals surface area contributed by atoms with Crippen molar-refractivity contribution in [2.45, 2.75) is 4.90 Å².